The number of benzene rings is 2. The number of aliphatic hydroxyl groups is 1. The largest absolute Gasteiger partial charge is 0.411 e. The lowest BCUT2D eigenvalue weighted by atomic mass is 9.97. The number of carbonyl (C=O) groups excluding carboxylic acids is 2. The Bertz CT molecular complexity index is 1710. The van der Waals surface area contributed by atoms with Crippen LogP contribution in [0.2, 0.25) is 0 Å². The first-order valence-corrected chi connectivity index (χ1v) is 19.5. The van der Waals surface area contributed by atoms with E-state index in [1.807, 2.05) is 56.5 Å². The van der Waals surface area contributed by atoms with Gasteiger partial charge >= 0.3 is 6.03 Å². The molecule has 3 amide bonds. The van der Waals surface area contributed by atoms with Crippen LogP contribution in [0.25, 0.3) is 0 Å². The number of hydrogen-bond donors (Lipinski definition) is 3. The van der Waals surface area contributed by atoms with Gasteiger partial charge in [0.15, 0.2) is 0 Å². The second-order valence-corrected chi connectivity index (χ2v) is 16.6. The van der Waals surface area contributed by atoms with E-state index in [4.69, 9.17) is 5.21 Å². The summed E-state index contributed by atoms with van der Waals surface area (Å²) in [6, 6.07) is 13.6. The molecule has 1 aromatic heterocycles. The predicted octanol–water partition coefficient (Wildman–Crippen LogP) is 4.49. The molecule has 2 heterocycles. The average Bonchev–Trinajstić information content (AvgIpc) is 3.84. The summed E-state index contributed by atoms with van der Waals surface area (Å²) in [5.74, 6) is -0.471. The first-order valence-electron chi connectivity index (χ1n) is 17.2. The zero-order chi connectivity index (χ0) is 35.8. The maximum atomic E-state index is 14.2. The molecule has 0 bridgehead atoms. The van der Waals surface area contributed by atoms with Crippen LogP contribution in [0.15, 0.2) is 70.0 Å². The summed E-state index contributed by atoms with van der Waals surface area (Å²) in [6.07, 6.45) is 4.06. The molecular weight excluding hydrogens is 677 g/mol. The third kappa shape index (κ3) is 9.27. The summed E-state index contributed by atoms with van der Waals surface area (Å²) in [4.78, 5) is 35.6. The number of thiazole rings is 1. The van der Waals surface area contributed by atoms with E-state index in [-0.39, 0.29) is 42.3 Å². The topological polar surface area (TPSA) is 156 Å². The van der Waals surface area contributed by atoms with E-state index in [1.54, 1.807) is 21.9 Å². The van der Waals surface area contributed by atoms with Crippen LogP contribution in [0.3, 0.4) is 0 Å². The molecular formula is C36H48N6O6S2. The Morgan fingerprint density at radius 1 is 1.12 bits per heavy atom. The Morgan fingerprint density at radius 2 is 1.82 bits per heavy atom. The van der Waals surface area contributed by atoms with Crippen molar-refractivity contribution in [3.63, 3.8) is 0 Å². The number of aryl methyl sites for hydroxylation is 1. The van der Waals surface area contributed by atoms with Crippen LogP contribution >= 0.6 is 11.3 Å². The summed E-state index contributed by atoms with van der Waals surface area (Å²) >= 11 is 1.53. The van der Waals surface area contributed by atoms with Gasteiger partial charge in [0.25, 0.3) is 0 Å². The highest BCUT2D eigenvalue weighted by atomic mass is 32.2. The number of nitrogens with one attached hydrogen (secondary N) is 1. The number of urea groups is 1. The maximum Gasteiger partial charge on any atom is 0.321 e. The fourth-order valence-corrected chi connectivity index (χ4v) is 9.07. The van der Waals surface area contributed by atoms with Crippen molar-refractivity contribution in [3.05, 3.63) is 81.8 Å². The van der Waals surface area contributed by atoms with Gasteiger partial charge in [-0.05, 0) is 61.3 Å². The van der Waals surface area contributed by atoms with Gasteiger partial charge in [0, 0.05) is 31.6 Å². The van der Waals surface area contributed by atoms with Crippen molar-refractivity contribution < 1.29 is 28.3 Å². The van der Waals surface area contributed by atoms with E-state index in [2.05, 4.69) is 15.5 Å². The number of hydrogen-bond acceptors (Lipinski definition) is 9. The van der Waals surface area contributed by atoms with Crippen molar-refractivity contribution in [2.45, 2.75) is 82.5 Å². The second-order valence-electron chi connectivity index (χ2n) is 13.6. The minimum Gasteiger partial charge on any atom is -0.411 e. The molecule has 12 nitrogen and oxygen atoms in total. The van der Waals surface area contributed by atoms with Crippen LogP contribution in [0.1, 0.15) is 61.4 Å². The molecule has 2 aromatic carbocycles. The van der Waals surface area contributed by atoms with Gasteiger partial charge in [0.2, 0.25) is 15.9 Å². The van der Waals surface area contributed by atoms with Gasteiger partial charge in [0.05, 0.1) is 40.5 Å². The van der Waals surface area contributed by atoms with Crippen LogP contribution < -0.4 is 5.32 Å². The number of sulfonamides is 1. The number of amides is 3. The van der Waals surface area contributed by atoms with E-state index in [0.29, 0.717) is 25.2 Å². The molecule has 3 aromatic rings. The van der Waals surface area contributed by atoms with E-state index in [9.17, 15) is 23.1 Å². The Morgan fingerprint density at radius 3 is 2.44 bits per heavy atom. The Balaban J connectivity index is 1.38. The van der Waals surface area contributed by atoms with E-state index >= 15 is 0 Å². The van der Waals surface area contributed by atoms with Crippen LogP contribution in [0, 0.1) is 18.8 Å². The number of aliphatic hydroxyl groups excluding tert-OH is 1. The highest BCUT2D eigenvalue weighted by molar-refractivity contribution is 7.89. The van der Waals surface area contributed by atoms with Crippen LogP contribution in [-0.4, -0.2) is 100 Å². The molecule has 0 radical (unpaired) electrons. The summed E-state index contributed by atoms with van der Waals surface area (Å²) in [5, 5.41) is 29.7. The van der Waals surface area contributed by atoms with Crippen molar-refractivity contribution in [2.75, 3.05) is 26.2 Å². The van der Waals surface area contributed by atoms with Crippen molar-refractivity contribution in [3.8, 4) is 0 Å². The fraction of sp³-hybridized carbons (Fsp3) is 0.500. The first-order chi connectivity index (χ1) is 24.0. The molecule has 5 rings (SSSR count). The maximum absolute atomic E-state index is 14.2. The van der Waals surface area contributed by atoms with Crippen LogP contribution in [0.5, 0.6) is 0 Å². The number of nitrogens with zero attached hydrogens (tertiary/aromatic N) is 5. The molecule has 0 unspecified atom stereocenters. The molecule has 0 spiro atoms. The lowest BCUT2D eigenvalue weighted by Gasteiger charge is -2.34. The van der Waals surface area contributed by atoms with Crippen LogP contribution in [-0.2, 0) is 27.8 Å². The zero-order valence-electron chi connectivity index (χ0n) is 28.9. The molecule has 2 fully saturated rings. The third-order valence-corrected chi connectivity index (χ3v) is 12.2. The highest BCUT2D eigenvalue weighted by Crippen LogP contribution is 2.29. The Labute approximate surface area is 298 Å². The Hall–Kier alpha value is -3.85. The molecule has 1 aliphatic carbocycles. The van der Waals surface area contributed by atoms with Gasteiger partial charge in [0.1, 0.15) is 6.04 Å². The average molecular weight is 725 g/mol. The van der Waals surface area contributed by atoms with E-state index in [0.717, 1.165) is 41.9 Å². The quantitative estimate of drug-likeness (QED) is 0.112. The lowest BCUT2D eigenvalue weighted by molar-refractivity contribution is -0.128. The predicted molar refractivity (Wildman–Crippen MR) is 193 cm³/mol. The van der Waals surface area contributed by atoms with Gasteiger partial charge in [-0.2, -0.15) is 4.31 Å². The van der Waals surface area contributed by atoms with Crippen molar-refractivity contribution in [2.24, 2.45) is 17.0 Å². The van der Waals surface area contributed by atoms with Crippen molar-refractivity contribution in [1.29, 1.82) is 0 Å². The van der Waals surface area contributed by atoms with Crippen LogP contribution in [0.4, 0.5) is 4.79 Å². The number of aromatic nitrogens is 1. The molecule has 3 N–H and O–H groups in total. The van der Waals surface area contributed by atoms with Gasteiger partial charge in [-0.3, -0.25) is 4.79 Å². The van der Waals surface area contributed by atoms with E-state index in [1.165, 1.54) is 34.0 Å². The molecule has 50 heavy (non-hydrogen) atoms. The molecule has 3 atom stereocenters. The molecule has 1 saturated carbocycles. The summed E-state index contributed by atoms with van der Waals surface area (Å²) < 4.78 is 29.5. The standard InChI is InChI=1S/C36H48N6O6S2/c1-25(2)34(42-18-17-40(36(42)45)22-30-24-49-26(3)38-30)35(44)39-32(19-27-9-5-4-6-10-27)33(43)23-41(21-29-11-7-8-12-29)50(47,48)31-15-13-28(14-16-31)20-37-46/h4-6,9-10,13-16,20,24-25,29,32-34,43,46H,7-8,11-12,17-19,21-23H2,1-3H3,(H,39,44)/t32-,33+,34-/m0/s1. The monoisotopic (exact) mass is 724 g/mol. The third-order valence-electron chi connectivity index (χ3n) is 9.52. The normalized spacial score (nSPS) is 17.7. The highest BCUT2D eigenvalue weighted by Gasteiger charge is 2.41. The smallest absolute Gasteiger partial charge is 0.321 e. The SMILES string of the molecule is Cc1nc(CN2CCN([C@H](C(=O)N[C@@H](Cc3ccccc3)[C@H](O)CN(CC3CCCC3)S(=O)(=O)c3ccc(C=NO)cc3)C(C)C)C2=O)cs1. The van der Waals surface area contributed by atoms with Gasteiger partial charge in [-0.15, -0.1) is 11.3 Å². The fourth-order valence-electron chi connectivity index (χ4n) is 6.94. The lowest BCUT2D eigenvalue weighted by Crippen LogP contribution is -2.57. The number of carbonyl (C=O) groups is 2. The van der Waals surface area contributed by atoms with Gasteiger partial charge in [-0.25, -0.2) is 18.2 Å². The van der Waals surface area contributed by atoms with Crippen molar-refractivity contribution >= 4 is 39.5 Å². The summed E-state index contributed by atoms with van der Waals surface area (Å²) in [7, 11) is -4.04. The zero-order valence-corrected chi connectivity index (χ0v) is 30.5. The molecule has 14 heteroatoms. The minimum absolute atomic E-state index is 0.0613. The number of rotatable bonds is 16. The molecule has 1 saturated heterocycles. The van der Waals surface area contributed by atoms with E-state index < -0.39 is 34.1 Å². The summed E-state index contributed by atoms with van der Waals surface area (Å²) in [5.41, 5.74) is 2.22. The van der Waals surface area contributed by atoms with Crippen molar-refractivity contribution in [1.82, 2.24) is 24.4 Å². The number of oxime groups is 1. The second kappa shape index (κ2) is 16.9. The first kappa shape index (κ1) is 37.4. The minimum atomic E-state index is -4.04. The Kier molecular flexibility index (Phi) is 12.6. The molecule has 2 aliphatic rings. The summed E-state index contributed by atoms with van der Waals surface area (Å²) in [6.45, 7) is 6.92. The van der Waals surface area contributed by atoms with Gasteiger partial charge in [-0.1, -0.05) is 74.3 Å². The van der Waals surface area contributed by atoms with Gasteiger partial charge < -0.3 is 25.4 Å². The molecule has 270 valence electrons. The molecule has 1 aliphatic heterocycles.